The molecule has 120 valence electrons. The van der Waals surface area contributed by atoms with E-state index in [1.165, 1.54) is 7.11 Å². The molecule has 1 heterocycles. The summed E-state index contributed by atoms with van der Waals surface area (Å²) in [5.74, 6) is -0.865. The van der Waals surface area contributed by atoms with Gasteiger partial charge in [-0.25, -0.2) is 4.79 Å². The third kappa shape index (κ3) is 3.71. The molecule has 2 unspecified atom stereocenters. The van der Waals surface area contributed by atoms with Gasteiger partial charge in [-0.1, -0.05) is 41.9 Å². The first-order chi connectivity index (χ1) is 10.7. The Morgan fingerprint density at radius 1 is 1.32 bits per heavy atom. The zero-order valence-corrected chi connectivity index (χ0v) is 13.3. The number of halogens is 1. The number of hydrogen-bond donors (Lipinski definition) is 0. The molecule has 6 heteroatoms. The first kappa shape index (κ1) is 16.6. The Balaban J connectivity index is 2.31. The van der Waals surface area contributed by atoms with Gasteiger partial charge in [0.05, 0.1) is 13.2 Å². The van der Waals surface area contributed by atoms with E-state index in [0.717, 1.165) is 24.8 Å². The lowest BCUT2D eigenvalue weighted by atomic mass is 9.85. The quantitative estimate of drug-likeness (QED) is 0.630. The van der Waals surface area contributed by atoms with Gasteiger partial charge in [0, 0.05) is 6.54 Å². The van der Waals surface area contributed by atoms with E-state index in [9.17, 15) is 9.59 Å². The summed E-state index contributed by atoms with van der Waals surface area (Å²) < 4.78 is 9.88. The first-order valence-corrected chi connectivity index (χ1v) is 7.84. The zero-order valence-electron chi connectivity index (χ0n) is 12.5. The predicted octanol–water partition coefficient (Wildman–Crippen LogP) is 3.13. The molecule has 1 amide bonds. The molecule has 0 spiro atoms. The van der Waals surface area contributed by atoms with Crippen LogP contribution >= 0.6 is 11.6 Å². The van der Waals surface area contributed by atoms with Crippen molar-refractivity contribution in [3.63, 3.8) is 0 Å². The van der Waals surface area contributed by atoms with E-state index < -0.39 is 12.0 Å². The number of benzene rings is 1. The second kappa shape index (κ2) is 8.03. The van der Waals surface area contributed by atoms with Crippen LogP contribution in [0.5, 0.6) is 0 Å². The molecular weight excluding hydrogens is 306 g/mol. The van der Waals surface area contributed by atoms with E-state index >= 15 is 0 Å². The van der Waals surface area contributed by atoms with Crippen LogP contribution < -0.4 is 0 Å². The van der Waals surface area contributed by atoms with Crippen molar-refractivity contribution in [2.45, 2.75) is 31.2 Å². The van der Waals surface area contributed by atoms with Crippen LogP contribution in [0.15, 0.2) is 30.3 Å². The summed E-state index contributed by atoms with van der Waals surface area (Å²) in [5, 5.41) is 0. The van der Waals surface area contributed by atoms with Gasteiger partial charge in [0.2, 0.25) is 0 Å². The number of hydrogen-bond acceptors (Lipinski definition) is 4. The Kier molecular flexibility index (Phi) is 6.07. The Morgan fingerprint density at radius 2 is 2.05 bits per heavy atom. The molecule has 1 fully saturated rings. The van der Waals surface area contributed by atoms with E-state index in [4.69, 9.17) is 21.1 Å². The van der Waals surface area contributed by atoms with Gasteiger partial charge >= 0.3 is 12.1 Å². The van der Waals surface area contributed by atoms with E-state index in [2.05, 4.69) is 0 Å². The SMILES string of the molecule is COC(=O)C(c1ccccc1)C1CCCCN1C(=O)OCCl. The fourth-order valence-corrected chi connectivity index (χ4v) is 3.06. The van der Waals surface area contributed by atoms with Gasteiger partial charge in [0.25, 0.3) is 0 Å². The highest BCUT2D eigenvalue weighted by molar-refractivity contribution is 6.17. The number of methoxy groups -OCH3 is 1. The Labute approximate surface area is 135 Å². The largest absolute Gasteiger partial charge is 0.468 e. The average molecular weight is 326 g/mol. The molecule has 0 N–H and O–H groups in total. The highest BCUT2D eigenvalue weighted by atomic mass is 35.5. The van der Waals surface area contributed by atoms with Gasteiger partial charge in [0.1, 0.15) is 5.92 Å². The minimum atomic E-state index is -0.519. The van der Waals surface area contributed by atoms with Gasteiger partial charge < -0.3 is 14.4 Å². The first-order valence-electron chi connectivity index (χ1n) is 7.31. The molecule has 2 atom stereocenters. The van der Waals surface area contributed by atoms with E-state index in [-0.39, 0.29) is 18.1 Å². The molecule has 1 saturated heterocycles. The minimum absolute atomic E-state index is 0.198. The number of amides is 1. The number of piperidine rings is 1. The normalized spacial score (nSPS) is 19.4. The van der Waals surface area contributed by atoms with Crippen molar-refractivity contribution in [1.29, 1.82) is 0 Å². The predicted molar refractivity (Wildman–Crippen MR) is 82.7 cm³/mol. The van der Waals surface area contributed by atoms with Gasteiger partial charge in [-0.05, 0) is 24.8 Å². The highest BCUT2D eigenvalue weighted by Crippen LogP contribution is 2.32. The molecule has 5 nitrogen and oxygen atoms in total. The summed E-state index contributed by atoms with van der Waals surface area (Å²) in [6.07, 6.45) is 2.09. The Morgan fingerprint density at radius 3 is 2.68 bits per heavy atom. The third-order valence-electron chi connectivity index (χ3n) is 3.96. The number of carbonyl (C=O) groups excluding carboxylic acids is 2. The van der Waals surface area contributed by atoms with E-state index in [0.29, 0.717) is 6.54 Å². The number of rotatable bonds is 4. The zero-order chi connectivity index (χ0) is 15.9. The number of alkyl halides is 1. The van der Waals surface area contributed by atoms with Crippen LogP contribution in [0.2, 0.25) is 0 Å². The molecule has 1 aromatic carbocycles. The maximum Gasteiger partial charge on any atom is 0.411 e. The lowest BCUT2D eigenvalue weighted by molar-refractivity contribution is -0.144. The smallest absolute Gasteiger partial charge is 0.411 e. The molecular formula is C16H20ClNO4. The van der Waals surface area contributed by atoms with Crippen LogP contribution in [0, 0.1) is 0 Å². The number of likely N-dealkylation sites (tertiary alicyclic amines) is 1. The summed E-state index contributed by atoms with van der Waals surface area (Å²) in [7, 11) is 1.36. The lowest BCUT2D eigenvalue weighted by Gasteiger charge is -2.38. The van der Waals surface area contributed by atoms with Crippen LogP contribution in [-0.2, 0) is 14.3 Å². The van der Waals surface area contributed by atoms with E-state index in [1.54, 1.807) is 4.90 Å². The van der Waals surface area contributed by atoms with Crippen molar-refractivity contribution in [2.24, 2.45) is 0 Å². The fourth-order valence-electron chi connectivity index (χ4n) is 2.96. The van der Waals surface area contributed by atoms with Crippen LogP contribution in [-0.4, -0.2) is 42.7 Å². The average Bonchev–Trinajstić information content (AvgIpc) is 2.56. The summed E-state index contributed by atoms with van der Waals surface area (Å²) in [5.41, 5.74) is 0.838. The molecule has 22 heavy (non-hydrogen) atoms. The van der Waals surface area contributed by atoms with Gasteiger partial charge in [-0.2, -0.15) is 0 Å². The second-order valence-electron chi connectivity index (χ2n) is 5.19. The highest BCUT2D eigenvalue weighted by Gasteiger charge is 2.39. The molecule has 1 aromatic rings. The van der Waals surface area contributed by atoms with Gasteiger partial charge in [-0.3, -0.25) is 4.79 Å². The molecule has 0 radical (unpaired) electrons. The number of ether oxygens (including phenoxy) is 2. The third-order valence-corrected chi connectivity index (χ3v) is 4.07. The maximum atomic E-state index is 12.3. The van der Waals surface area contributed by atoms with Gasteiger partial charge in [0.15, 0.2) is 6.07 Å². The summed E-state index contributed by atoms with van der Waals surface area (Å²) in [4.78, 5) is 26.0. The fraction of sp³-hybridized carbons (Fsp3) is 0.500. The van der Waals surface area contributed by atoms with Crippen LogP contribution in [0.25, 0.3) is 0 Å². The monoisotopic (exact) mass is 325 g/mol. The molecule has 2 rings (SSSR count). The molecule has 1 aliphatic heterocycles. The Hall–Kier alpha value is -1.75. The second-order valence-corrected chi connectivity index (χ2v) is 5.41. The van der Waals surface area contributed by atoms with Crippen molar-refractivity contribution in [3.05, 3.63) is 35.9 Å². The molecule has 0 saturated carbocycles. The number of carbonyl (C=O) groups is 2. The Bertz CT molecular complexity index is 508. The summed E-state index contributed by atoms with van der Waals surface area (Å²) >= 11 is 5.49. The molecule has 0 aliphatic carbocycles. The van der Waals surface area contributed by atoms with Crippen molar-refractivity contribution in [1.82, 2.24) is 4.90 Å². The van der Waals surface area contributed by atoms with Crippen LogP contribution in [0.1, 0.15) is 30.7 Å². The van der Waals surface area contributed by atoms with Crippen molar-refractivity contribution in [2.75, 3.05) is 19.7 Å². The lowest BCUT2D eigenvalue weighted by Crippen LogP contribution is -2.49. The van der Waals surface area contributed by atoms with Crippen molar-refractivity contribution in [3.8, 4) is 0 Å². The topological polar surface area (TPSA) is 55.8 Å². The van der Waals surface area contributed by atoms with Crippen LogP contribution in [0.4, 0.5) is 4.79 Å². The maximum absolute atomic E-state index is 12.3. The standard InChI is InChI=1S/C16H20ClNO4/c1-21-15(19)14(12-7-3-2-4-8-12)13-9-5-6-10-18(13)16(20)22-11-17/h2-4,7-8,13-14H,5-6,9-11H2,1H3. The van der Waals surface area contributed by atoms with E-state index in [1.807, 2.05) is 30.3 Å². The minimum Gasteiger partial charge on any atom is -0.468 e. The van der Waals surface area contributed by atoms with Gasteiger partial charge in [-0.15, -0.1) is 0 Å². The number of esters is 1. The van der Waals surface area contributed by atoms with Crippen LogP contribution in [0.3, 0.4) is 0 Å². The molecule has 0 aromatic heterocycles. The summed E-state index contributed by atoms with van der Waals surface area (Å²) in [6.45, 7) is 0.556. The van der Waals surface area contributed by atoms with Crippen molar-refractivity contribution < 1.29 is 19.1 Å². The summed E-state index contributed by atoms with van der Waals surface area (Å²) in [6, 6.07) is 8.90. The van der Waals surface area contributed by atoms with Crippen molar-refractivity contribution >= 4 is 23.7 Å². The molecule has 0 bridgehead atoms. The number of nitrogens with zero attached hydrogens (tertiary/aromatic N) is 1. The molecule has 1 aliphatic rings.